The molecule has 0 saturated carbocycles. The number of nitrogens with zero attached hydrogens (tertiary/aromatic N) is 1. The van der Waals surface area contributed by atoms with Crippen LogP contribution in [0.2, 0.25) is 0 Å². The number of carbonyl (C=O) groups excluding carboxylic acids is 1. The Morgan fingerprint density at radius 1 is 1.00 bits per heavy atom. The molecule has 0 fully saturated rings. The van der Waals surface area contributed by atoms with Crippen LogP contribution in [-0.2, 0) is 22.6 Å². The lowest BCUT2D eigenvalue weighted by atomic mass is 10.0. The standard InChI is InChI=1S/C25H19F4NO4S/c1-15-3-8-19(9-4-15)35(32,33)30-14-21(20-12-17(25(27,28)29)6-10-22(20)30)23(31)11-16-5-7-18(26)13-24(16)34-2/h3-10,12-14H,11H2,1-2H3. The van der Waals surface area contributed by atoms with Gasteiger partial charge in [-0.1, -0.05) is 23.8 Å². The summed E-state index contributed by atoms with van der Waals surface area (Å²) in [4.78, 5) is 13.1. The number of ether oxygens (including phenoxy) is 1. The number of fused-ring (bicyclic) bond motifs is 1. The fourth-order valence-corrected chi connectivity index (χ4v) is 5.12. The molecule has 0 atom stereocenters. The smallest absolute Gasteiger partial charge is 0.416 e. The molecule has 1 aromatic heterocycles. The molecule has 3 aromatic carbocycles. The molecule has 0 unspecified atom stereocenters. The van der Waals surface area contributed by atoms with Crippen molar-refractivity contribution in [2.24, 2.45) is 0 Å². The van der Waals surface area contributed by atoms with E-state index in [1.54, 1.807) is 19.1 Å². The highest BCUT2D eigenvalue weighted by Gasteiger charge is 2.32. The Morgan fingerprint density at radius 2 is 1.69 bits per heavy atom. The Hall–Kier alpha value is -3.66. The van der Waals surface area contributed by atoms with Crippen LogP contribution in [0.4, 0.5) is 17.6 Å². The number of hydrogen-bond donors (Lipinski definition) is 0. The van der Waals surface area contributed by atoms with Gasteiger partial charge in [0.1, 0.15) is 11.6 Å². The van der Waals surface area contributed by atoms with Gasteiger partial charge in [0.25, 0.3) is 10.0 Å². The molecule has 0 aliphatic carbocycles. The number of aromatic nitrogens is 1. The van der Waals surface area contributed by atoms with Gasteiger partial charge in [-0.05, 0) is 43.3 Å². The fraction of sp³-hybridized carbons (Fsp3) is 0.160. The second-order valence-electron chi connectivity index (χ2n) is 7.94. The second-order valence-corrected chi connectivity index (χ2v) is 9.76. The van der Waals surface area contributed by atoms with Crippen LogP contribution in [0.3, 0.4) is 0 Å². The Morgan fingerprint density at radius 3 is 2.31 bits per heavy atom. The monoisotopic (exact) mass is 505 g/mol. The lowest BCUT2D eigenvalue weighted by Crippen LogP contribution is -2.12. The van der Waals surface area contributed by atoms with Gasteiger partial charge < -0.3 is 4.74 Å². The van der Waals surface area contributed by atoms with E-state index in [0.717, 1.165) is 46.1 Å². The third kappa shape index (κ3) is 4.66. The number of halogens is 4. The van der Waals surface area contributed by atoms with Gasteiger partial charge in [-0.3, -0.25) is 4.79 Å². The molecular formula is C25H19F4NO4S. The summed E-state index contributed by atoms with van der Waals surface area (Å²) in [6.07, 6.45) is -4.02. The molecule has 4 rings (SSSR count). The van der Waals surface area contributed by atoms with Gasteiger partial charge in [-0.2, -0.15) is 13.2 Å². The highest BCUT2D eigenvalue weighted by molar-refractivity contribution is 7.90. The van der Waals surface area contributed by atoms with Crippen molar-refractivity contribution in [3.63, 3.8) is 0 Å². The van der Waals surface area contributed by atoms with E-state index in [0.29, 0.717) is 5.56 Å². The number of ketones is 1. The molecule has 10 heteroatoms. The predicted molar refractivity (Wildman–Crippen MR) is 122 cm³/mol. The lowest BCUT2D eigenvalue weighted by molar-refractivity contribution is -0.137. The normalized spacial score (nSPS) is 12.2. The largest absolute Gasteiger partial charge is 0.496 e. The summed E-state index contributed by atoms with van der Waals surface area (Å²) in [5.41, 5.74) is -0.196. The number of hydrogen-bond acceptors (Lipinski definition) is 4. The van der Waals surface area contributed by atoms with Gasteiger partial charge in [-0.25, -0.2) is 16.8 Å². The zero-order valence-corrected chi connectivity index (χ0v) is 19.4. The van der Waals surface area contributed by atoms with Crippen LogP contribution in [0.5, 0.6) is 5.75 Å². The minimum Gasteiger partial charge on any atom is -0.496 e. The lowest BCUT2D eigenvalue weighted by Gasteiger charge is -2.10. The molecule has 1 heterocycles. The maximum atomic E-state index is 13.5. The predicted octanol–water partition coefficient (Wildman–Crippen LogP) is 5.78. The van der Waals surface area contributed by atoms with Gasteiger partial charge in [0.05, 0.1) is 23.1 Å². The molecule has 182 valence electrons. The summed E-state index contributed by atoms with van der Waals surface area (Å²) in [6.45, 7) is 1.78. The van der Waals surface area contributed by atoms with Crippen LogP contribution in [0.1, 0.15) is 27.0 Å². The van der Waals surface area contributed by atoms with E-state index in [9.17, 15) is 30.8 Å². The van der Waals surface area contributed by atoms with Crippen molar-refractivity contribution < 1.29 is 35.5 Å². The van der Waals surface area contributed by atoms with Crippen LogP contribution < -0.4 is 4.74 Å². The van der Waals surface area contributed by atoms with Crippen molar-refractivity contribution in [2.75, 3.05) is 7.11 Å². The number of aryl methyl sites for hydroxylation is 1. The molecule has 0 spiro atoms. The van der Waals surface area contributed by atoms with Gasteiger partial charge in [0.2, 0.25) is 0 Å². The summed E-state index contributed by atoms with van der Waals surface area (Å²) >= 11 is 0. The molecule has 0 saturated heterocycles. The van der Waals surface area contributed by atoms with Gasteiger partial charge >= 0.3 is 6.18 Å². The average Bonchev–Trinajstić information content (AvgIpc) is 3.20. The Kier molecular flexibility index (Phi) is 6.18. The molecule has 0 aliphatic rings. The molecule has 4 aromatic rings. The molecule has 35 heavy (non-hydrogen) atoms. The van der Waals surface area contributed by atoms with E-state index in [1.807, 2.05) is 0 Å². The van der Waals surface area contributed by atoms with Crippen molar-refractivity contribution in [1.82, 2.24) is 3.97 Å². The highest BCUT2D eigenvalue weighted by atomic mass is 32.2. The Labute approximate surface area is 198 Å². The van der Waals surface area contributed by atoms with Crippen LogP contribution in [-0.4, -0.2) is 25.3 Å². The van der Waals surface area contributed by atoms with E-state index in [-0.39, 0.29) is 33.5 Å². The summed E-state index contributed by atoms with van der Waals surface area (Å²) in [5.74, 6) is -1.16. The minimum atomic E-state index is -4.70. The average molecular weight is 505 g/mol. The van der Waals surface area contributed by atoms with Crippen molar-refractivity contribution in [3.8, 4) is 5.75 Å². The Balaban J connectivity index is 1.89. The van der Waals surface area contributed by atoms with Crippen LogP contribution in [0, 0.1) is 12.7 Å². The first-order valence-corrected chi connectivity index (χ1v) is 11.8. The van der Waals surface area contributed by atoms with Crippen molar-refractivity contribution >= 4 is 26.7 Å². The van der Waals surface area contributed by atoms with E-state index >= 15 is 0 Å². The van der Waals surface area contributed by atoms with E-state index in [1.165, 1.54) is 25.3 Å². The number of rotatable bonds is 6. The topological polar surface area (TPSA) is 65.4 Å². The maximum absolute atomic E-state index is 13.5. The summed E-state index contributed by atoms with van der Waals surface area (Å²) in [7, 11) is -2.94. The zero-order valence-electron chi connectivity index (χ0n) is 18.6. The molecular weight excluding hydrogens is 486 g/mol. The molecule has 0 bridgehead atoms. The molecule has 0 N–H and O–H groups in total. The maximum Gasteiger partial charge on any atom is 0.416 e. The first-order chi connectivity index (χ1) is 16.4. The SMILES string of the molecule is COc1cc(F)ccc1CC(=O)c1cn(S(=O)(=O)c2ccc(C)cc2)c2ccc(C(F)(F)F)cc12. The first kappa shape index (κ1) is 24.5. The van der Waals surface area contributed by atoms with Gasteiger partial charge in [0, 0.05) is 35.2 Å². The number of alkyl halides is 3. The number of methoxy groups -OCH3 is 1. The van der Waals surface area contributed by atoms with E-state index in [2.05, 4.69) is 0 Å². The molecule has 0 aliphatic heterocycles. The zero-order chi connectivity index (χ0) is 25.5. The van der Waals surface area contributed by atoms with Crippen molar-refractivity contribution in [2.45, 2.75) is 24.4 Å². The molecule has 0 radical (unpaired) electrons. The Bertz CT molecular complexity index is 1540. The summed E-state index contributed by atoms with van der Waals surface area (Å²) < 4.78 is 86.4. The van der Waals surface area contributed by atoms with Crippen molar-refractivity contribution in [1.29, 1.82) is 0 Å². The van der Waals surface area contributed by atoms with E-state index < -0.39 is 33.4 Å². The quantitative estimate of drug-likeness (QED) is 0.246. The molecule has 0 amide bonds. The third-order valence-corrected chi connectivity index (χ3v) is 7.26. The van der Waals surface area contributed by atoms with Gasteiger partial charge in [-0.15, -0.1) is 0 Å². The van der Waals surface area contributed by atoms with Crippen LogP contribution in [0.25, 0.3) is 10.9 Å². The number of benzene rings is 3. The minimum absolute atomic E-state index is 0.0759. The third-order valence-electron chi connectivity index (χ3n) is 5.58. The fourth-order valence-electron chi connectivity index (χ4n) is 3.75. The second kappa shape index (κ2) is 8.84. The first-order valence-electron chi connectivity index (χ1n) is 10.3. The summed E-state index contributed by atoms with van der Waals surface area (Å²) in [6, 6.07) is 12.0. The van der Waals surface area contributed by atoms with Crippen molar-refractivity contribution in [3.05, 3.63) is 94.9 Å². The number of carbonyl (C=O) groups is 1. The van der Waals surface area contributed by atoms with Gasteiger partial charge in [0.15, 0.2) is 5.78 Å². The molecule has 5 nitrogen and oxygen atoms in total. The summed E-state index contributed by atoms with van der Waals surface area (Å²) in [5, 5.41) is -0.165. The van der Waals surface area contributed by atoms with Crippen LogP contribution >= 0.6 is 0 Å². The number of Topliss-reactive ketones (excluding diaryl/α,β-unsaturated/α-hetero) is 1. The van der Waals surface area contributed by atoms with E-state index in [4.69, 9.17) is 4.74 Å². The highest BCUT2D eigenvalue weighted by Crippen LogP contribution is 2.35. The van der Waals surface area contributed by atoms with Crippen LogP contribution in [0.15, 0.2) is 71.8 Å².